The van der Waals surface area contributed by atoms with Gasteiger partial charge in [-0.3, -0.25) is 0 Å². The van der Waals surface area contributed by atoms with E-state index in [-0.39, 0.29) is 5.54 Å². The maximum atomic E-state index is 2.67. The van der Waals surface area contributed by atoms with Gasteiger partial charge in [-0.1, -0.05) is 116 Å². The van der Waals surface area contributed by atoms with Crippen LogP contribution in [-0.2, 0) is 0 Å². The largest absolute Gasteiger partial charge is 0.335 e. The van der Waals surface area contributed by atoms with E-state index in [1.807, 2.05) is 0 Å². The van der Waals surface area contributed by atoms with E-state index in [4.69, 9.17) is 0 Å². The van der Waals surface area contributed by atoms with Crippen molar-refractivity contribution in [3.8, 4) is 22.3 Å². The lowest BCUT2D eigenvalue weighted by Gasteiger charge is -2.46. The molecule has 6 aromatic carbocycles. The molecule has 1 heteroatoms. The Balaban J connectivity index is 1.41. The molecule has 1 aliphatic heterocycles. The number of hydrogen-bond acceptors (Lipinski definition) is 1. The highest BCUT2D eigenvalue weighted by Gasteiger charge is 2.52. The lowest BCUT2D eigenvalue weighted by atomic mass is 9.67. The average molecular weight is 530 g/mol. The van der Waals surface area contributed by atoms with E-state index < -0.39 is 0 Å². The summed E-state index contributed by atoms with van der Waals surface area (Å²) < 4.78 is 0. The summed E-state index contributed by atoms with van der Waals surface area (Å²) in [7, 11) is 0. The lowest BCUT2D eigenvalue weighted by Crippen LogP contribution is -2.47. The molecule has 0 N–H and O–H groups in total. The molecule has 1 aliphatic carbocycles. The van der Waals surface area contributed by atoms with Crippen LogP contribution in [0.1, 0.15) is 44.6 Å². The highest BCUT2D eigenvalue weighted by Crippen LogP contribution is 2.60. The number of hydrogen-bond donors (Lipinski definition) is 0. The fraction of sp³-hybridized carbons (Fsp3) is 0.200. The second-order valence-corrected chi connectivity index (χ2v) is 12.4. The Bertz CT molecular complexity index is 1850. The Labute approximate surface area is 243 Å². The van der Waals surface area contributed by atoms with Crippen LogP contribution in [0.25, 0.3) is 43.8 Å². The van der Waals surface area contributed by atoms with Crippen molar-refractivity contribution in [2.75, 3.05) is 4.90 Å². The zero-order valence-electron chi connectivity index (χ0n) is 23.8. The fourth-order valence-electron chi connectivity index (χ4n) is 8.41. The van der Waals surface area contributed by atoms with E-state index >= 15 is 0 Å². The minimum absolute atomic E-state index is 0.0846. The first-order chi connectivity index (χ1) is 20.1. The molecule has 1 saturated carbocycles. The monoisotopic (exact) mass is 529 g/mol. The van der Waals surface area contributed by atoms with Gasteiger partial charge in [-0.25, -0.2) is 0 Å². The third-order valence-corrected chi connectivity index (χ3v) is 9.99. The van der Waals surface area contributed by atoms with Crippen LogP contribution in [0.2, 0.25) is 0 Å². The Kier molecular flexibility index (Phi) is 5.57. The first-order valence-corrected chi connectivity index (χ1v) is 15.1. The van der Waals surface area contributed by atoms with E-state index in [1.54, 1.807) is 0 Å². The molecule has 1 fully saturated rings. The topological polar surface area (TPSA) is 3.24 Å². The van der Waals surface area contributed by atoms with Crippen molar-refractivity contribution in [2.24, 2.45) is 5.92 Å². The first kappa shape index (κ1) is 24.4. The lowest BCUT2D eigenvalue weighted by molar-refractivity contribution is 0.223. The molecule has 0 aromatic heterocycles. The van der Waals surface area contributed by atoms with Gasteiger partial charge in [0.15, 0.2) is 0 Å². The van der Waals surface area contributed by atoms with Gasteiger partial charge in [0, 0.05) is 22.8 Å². The number of para-hydroxylation sites is 1. The maximum absolute atomic E-state index is 2.67. The van der Waals surface area contributed by atoms with Crippen LogP contribution in [0.4, 0.5) is 11.4 Å². The zero-order chi connectivity index (χ0) is 27.6. The van der Waals surface area contributed by atoms with E-state index in [2.05, 4.69) is 146 Å². The van der Waals surface area contributed by atoms with Gasteiger partial charge in [-0.05, 0) is 99.3 Å². The van der Waals surface area contributed by atoms with Gasteiger partial charge in [-0.15, -0.1) is 0 Å². The Morgan fingerprint density at radius 1 is 0.610 bits per heavy atom. The van der Waals surface area contributed by atoms with Gasteiger partial charge in [-0.2, -0.15) is 0 Å². The fourth-order valence-corrected chi connectivity index (χ4v) is 8.41. The molecule has 2 aliphatic rings. The number of anilines is 2. The Hall–Kier alpha value is -4.36. The van der Waals surface area contributed by atoms with Crippen molar-refractivity contribution in [1.29, 1.82) is 0 Å². The molecule has 0 radical (unpaired) electrons. The van der Waals surface area contributed by atoms with Gasteiger partial charge in [0.1, 0.15) is 0 Å². The molecule has 200 valence electrons. The molecule has 0 saturated heterocycles. The van der Waals surface area contributed by atoms with Gasteiger partial charge in [0.2, 0.25) is 0 Å². The maximum Gasteiger partial charge on any atom is 0.0495 e. The molecular formula is C40H35N. The van der Waals surface area contributed by atoms with E-state index in [0.717, 1.165) is 0 Å². The van der Waals surface area contributed by atoms with Gasteiger partial charge in [0.25, 0.3) is 0 Å². The van der Waals surface area contributed by atoms with Gasteiger partial charge < -0.3 is 4.90 Å². The van der Waals surface area contributed by atoms with Gasteiger partial charge in [0.05, 0.1) is 0 Å². The van der Waals surface area contributed by atoms with Crippen LogP contribution in [-0.4, -0.2) is 5.54 Å². The summed E-state index contributed by atoms with van der Waals surface area (Å²) in [6.07, 6.45) is 3.80. The Morgan fingerprint density at radius 2 is 1.15 bits per heavy atom. The SMILES string of the molecule is CC1CCCC2(C)C1c1cc(-c3c4ccccc4c(-c4ccccc4)c4ccccc34)ccc1N2c1ccccc1. The molecule has 3 unspecified atom stereocenters. The van der Waals surface area contributed by atoms with Crippen LogP contribution in [0.3, 0.4) is 0 Å². The average Bonchev–Trinajstić information content (AvgIpc) is 3.29. The van der Waals surface area contributed by atoms with Crippen LogP contribution < -0.4 is 4.90 Å². The van der Waals surface area contributed by atoms with Crippen molar-refractivity contribution in [3.63, 3.8) is 0 Å². The Morgan fingerprint density at radius 3 is 1.76 bits per heavy atom. The van der Waals surface area contributed by atoms with Crippen molar-refractivity contribution in [1.82, 2.24) is 0 Å². The summed E-state index contributed by atoms with van der Waals surface area (Å²) in [6.45, 7) is 4.99. The van der Waals surface area contributed by atoms with Gasteiger partial charge >= 0.3 is 0 Å². The zero-order valence-corrected chi connectivity index (χ0v) is 23.8. The predicted molar refractivity (Wildman–Crippen MR) is 175 cm³/mol. The molecule has 0 spiro atoms. The third-order valence-electron chi connectivity index (χ3n) is 9.99. The van der Waals surface area contributed by atoms with Crippen LogP contribution in [0, 0.1) is 5.92 Å². The minimum atomic E-state index is 0.0846. The molecule has 41 heavy (non-hydrogen) atoms. The highest BCUT2D eigenvalue weighted by molar-refractivity contribution is 6.21. The normalized spacial score (nSPS) is 21.7. The molecule has 0 amide bonds. The summed E-state index contributed by atoms with van der Waals surface area (Å²) in [5.41, 5.74) is 9.56. The molecule has 0 bridgehead atoms. The molecule has 6 aromatic rings. The van der Waals surface area contributed by atoms with Crippen LogP contribution in [0.15, 0.2) is 127 Å². The van der Waals surface area contributed by atoms with E-state index in [0.29, 0.717) is 11.8 Å². The third kappa shape index (κ3) is 3.61. The van der Waals surface area contributed by atoms with E-state index in [1.165, 1.54) is 80.0 Å². The van der Waals surface area contributed by atoms with Crippen LogP contribution in [0.5, 0.6) is 0 Å². The highest BCUT2D eigenvalue weighted by atomic mass is 15.2. The first-order valence-electron chi connectivity index (χ1n) is 15.1. The predicted octanol–water partition coefficient (Wildman–Crippen LogP) is 11.1. The molecule has 1 heterocycles. The number of rotatable bonds is 3. The van der Waals surface area contributed by atoms with Crippen molar-refractivity contribution >= 4 is 32.9 Å². The summed E-state index contributed by atoms with van der Waals surface area (Å²) in [5.74, 6) is 1.15. The molecular weight excluding hydrogens is 494 g/mol. The minimum Gasteiger partial charge on any atom is -0.335 e. The summed E-state index contributed by atoms with van der Waals surface area (Å²) in [6, 6.07) is 47.3. The summed E-state index contributed by atoms with van der Waals surface area (Å²) >= 11 is 0. The molecule has 1 nitrogen and oxygen atoms in total. The number of benzene rings is 6. The standard InChI is InChI=1S/C40H35N/c1-27-14-13-25-40(2)39(27)35-26-29(23-24-36(35)41(40)30-17-7-4-8-18-30)38-33-21-11-9-19-31(33)37(28-15-5-3-6-16-28)32-20-10-12-22-34(32)38/h3-12,15-24,26-27,39H,13-14,25H2,1-2H3. The van der Waals surface area contributed by atoms with Crippen molar-refractivity contribution in [2.45, 2.75) is 44.6 Å². The van der Waals surface area contributed by atoms with Crippen LogP contribution >= 0.6 is 0 Å². The second-order valence-electron chi connectivity index (χ2n) is 12.4. The number of fused-ring (bicyclic) bond motifs is 5. The smallest absolute Gasteiger partial charge is 0.0495 e. The summed E-state index contributed by atoms with van der Waals surface area (Å²) in [5, 5.41) is 5.27. The second kappa shape index (κ2) is 9.35. The van der Waals surface area contributed by atoms with E-state index in [9.17, 15) is 0 Å². The van der Waals surface area contributed by atoms with Crippen molar-refractivity contribution < 1.29 is 0 Å². The van der Waals surface area contributed by atoms with Crippen molar-refractivity contribution in [3.05, 3.63) is 133 Å². The molecule has 8 rings (SSSR count). The quantitative estimate of drug-likeness (QED) is 0.206. The number of nitrogens with zero attached hydrogens (tertiary/aromatic N) is 1. The molecule has 3 atom stereocenters. The summed E-state index contributed by atoms with van der Waals surface area (Å²) in [4.78, 5) is 2.67.